The van der Waals surface area contributed by atoms with E-state index >= 15 is 0 Å². The minimum Gasteiger partial charge on any atom is -0.448 e. The van der Waals surface area contributed by atoms with E-state index in [9.17, 15) is 40.0 Å². The number of carbonyl (C=O) groups excluding carboxylic acids is 1. The fraction of sp³-hybridized carbons (Fsp3) is 0.557. The number of fused-ring (bicyclic) bond motifs is 3. The van der Waals surface area contributed by atoms with Gasteiger partial charge in [-0.1, -0.05) is 274 Å². The molecule has 9 aliphatic rings. The molecule has 1 amide bonds. The Hall–Kier alpha value is -6.82. The number of carbonyl (C=O) groups is 1. The molecule has 8 unspecified atom stereocenters. The molecular weight excluding hydrogens is 1600 g/mol. The van der Waals surface area contributed by atoms with Gasteiger partial charge in [-0.05, 0) is 279 Å². The van der Waals surface area contributed by atoms with E-state index in [1.54, 1.807) is 0 Å². The standard InChI is InChI=1S/C23H27NO2.C14H22BNO.C13H20BNO.2C13H18BNO.C12H18BNO.C10H22BNO.C8H18BNO/c1-22(2)14-23(3,4)24(15-22)21(25)26-13-20-18-11-7-5-9-16(18)17-10-6-8-12-19(17)20;1-11-10-14(2,3)16(15(4)17)13(11)12-8-6-5-7-9-12;1-13(2)10-9-12(15(13)14(3)16)11-7-5-4-6-8-11;1-3-13-9-12(10-15(13)14(2)16)11-7-5-4-6-8-11;1-3-12-9-10-13(15(12)14(2)16)11-7-5-4-6-8-11;1-12(11-7-4-3-5-8-11)9-6-10-14(12)13(2)15;1-6-10-7(2)8(3)12(9(10)4)11(5)13;1-7-5-8(2,3)10(6-7)9(4)11/h5-12,20H,13-15H2,1-4H3;5-9,11,13,17H,10H2,1-4H3;4-8,12,16H,9-10H2,1-3H3;2*3-8,12-13,16H,1,9-10H2,2H3;3-5,7-8,15H,6,9-10H2,1-2H3;7-10,13H,6H2,1-5H3;7,11H,5-6H2,1-4H3/t;11-,13-;;;;12-;7-,8+,9?,10?;/m.1...11./s1. The van der Waals surface area contributed by atoms with Gasteiger partial charge in [-0.2, -0.15) is 0 Å². The summed E-state index contributed by atoms with van der Waals surface area (Å²) >= 11 is 0. The second-order valence-corrected chi connectivity index (χ2v) is 42.6. The molecule has 13 atom stereocenters. The van der Waals surface area contributed by atoms with Crippen LogP contribution < -0.4 is 0 Å². The molecule has 0 bridgehead atoms. The average molecular weight is 1770 g/mol. The first-order chi connectivity index (χ1) is 61.3. The Morgan fingerprint density at radius 3 is 1.36 bits per heavy atom. The molecule has 1 aliphatic carbocycles. The maximum atomic E-state index is 12.8. The monoisotopic (exact) mass is 1770 g/mol. The Bertz CT molecular complexity index is 4530. The van der Waals surface area contributed by atoms with Gasteiger partial charge < -0.3 is 78.5 Å². The van der Waals surface area contributed by atoms with Gasteiger partial charge in [0.2, 0.25) is 0 Å². The van der Waals surface area contributed by atoms with Crippen molar-refractivity contribution in [1.82, 2.24) is 38.6 Å². The average Bonchev–Trinajstić information content (AvgIpc) is 1.61. The zero-order chi connectivity index (χ0) is 95.7. The second kappa shape index (κ2) is 47.1. The molecule has 0 saturated carbocycles. The molecule has 0 radical (unpaired) electrons. The number of hydrogen-bond donors (Lipinski definition) is 7. The number of hydrogen-bond acceptors (Lipinski definition) is 16. The predicted molar refractivity (Wildman–Crippen MR) is 551 cm³/mol. The van der Waals surface area contributed by atoms with Gasteiger partial charge in [0.25, 0.3) is 0 Å². The Labute approximate surface area is 789 Å². The Kier molecular flexibility index (Phi) is 38.7. The lowest BCUT2D eigenvalue weighted by Gasteiger charge is -2.37. The van der Waals surface area contributed by atoms with E-state index < -0.39 is 21.2 Å². The van der Waals surface area contributed by atoms with E-state index in [1.165, 1.54) is 62.9 Å². The van der Waals surface area contributed by atoms with Crippen molar-refractivity contribution in [2.45, 2.75) is 318 Å². The third-order valence-electron chi connectivity index (χ3n) is 30.1. The summed E-state index contributed by atoms with van der Waals surface area (Å²) in [7, 11) is -2.56. The molecule has 7 aromatic rings. The van der Waals surface area contributed by atoms with Crippen molar-refractivity contribution in [2.75, 3.05) is 32.8 Å². The number of benzene rings is 7. The first kappa shape index (κ1) is 107. The highest BCUT2D eigenvalue weighted by atomic mass is 16.6. The van der Waals surface area contributed by atoms with Crippen LogP contribution in [0.5, 0.6) is 0 Å². The second-order valence-electron chi connectivity index (χ2n) is 42.6. The topological polar surface area (TPSA) is 194 Å². The molecule has 8 aliphatic heterocycles. The maximum absolute atomic E-state index is 12.8. The summed E-state index contributed by atoms with van der Waals surface area (Å²) in [5.74, 6) is 3.37. The van der Waals surface area contributed by atoms with Gasteiger partial charge >= 0.3 is 55.4 Å². The van der Waals surface area contributed by atoms with Gasteiger partial charge in [0.1, 0.15) is 6.61 Å². The number of ether oxygens (including phenoxy) is 1. The quantitative estimate of drug-likeness (QED) is 0.0336. The molecule has 7 aromatic carbocycles. The Balaban J connectivity index is 0.000000169. The lowest BCUT2D eigenvalue weighted by molar-refractivity contribution is 0.0775. The number of amides is 1. The van der Waals surface area contributed by atoms with Gasteiger partial charge in [0.05, 0.1) is 0 Å². The van der Waals surface area contributed by atoms with Crippen molar-refractivity contribution in [1.29, 1.82) is 0 Å². The van der Waals surface area contributed by atoms with E-state index in [-0.39, 0.29) is 73.3 Å². The van der Waals surface area contributed by atoms with Crippen LogP contribution in [0.25, 0.3) is 11.1 Å². The first-order valence-electron chi connectivity index (χ1n) is 49.1. The maximum Gasteiger partial charge on any atom is 0.410 e. The molecule has 8 heterocycles. The van der Waals surface area contributed by atoms with Gasteiger partial charge in [-0.3, -0.25) is 0 Å². The van der Waals surface area contributed by atoms with Crippen LogP contribution >= 0.6 is 0 Å². The van der Waals surface area contributed by atoms with Gasteiger partial charge in [0, 0.05) is 82.5 Å². The molecule has 16 rings (SSSR count). The van der Waals surface area contributed by atoms with E-state index in [0.717, 1.165) is 95.8 Å². The molecule has 8 saturated heterocycles. The van der Waals surface area contributed by atoms with Crippen LogP contribution in [0.3, 0.4) is 0 Å². The summed E-state index contributed by atoms with van der Waals surface area (Å²) in [5.41, 5.74) is 11.9. The van der Waals surface area contributed by atoms with Gasteiger partial charge in [-0.15, -0.1) is 13.2 Å². The molecule has 17 nitrogen and oxygen atoms in total. The number of likely N-dealkylation sites (tertiary alicyclic amines) is 1. The fourth-order valence-corrected chi connectivity index (χ4v) is 24.6. The normalized spacial score (nSPS) is 26.8. The Morgan fingerprint density at radius 2 is 0.946 bits per heavy atom. The number of rotatable bonds is 17. The molecule has 0 aromatic heterocycles. The zero-order valence-corrected chi connectivity index (χ0v) is 84.0. The predicted octanol–water partition coefficient (Wildman–Crippen LogP) is 20.9. The minimum absolute atomic E-state index is 0.00935. The summed E-state index contributed by atoms with van der Waals surface area (Å²) in [6.07, 6.45) is 16.0. The van der Waals surface area contributed by atoms with Crippen LogP contribution in [0.2, 0.25) is 47.8 Å². The summed E-state index contributed by atoms with van der Waals surface area (Å²) in [6.45, 7) is 62.4. The zero-order valence-electron chi connectivity index (χ0n) is 84.0. The highest BCUT2D eigenvalue weighted by Crippen LogP contribution is 2.50. The molecule has 0 spiro atoms. The highest BCUT2D eigenvalue weighted by molar-refractivity contribution is 6.47. The highest BCUT2D eigenvalue weighted by Gasteiger charge is 2.51. The molecule has 130 heavy (non-hydrogen) atoms. The molecule has 7 N–H and O–H groups in total. The molecular formula is C106H163B7N8O9. The van der Waals surface area contributed by atoms with Crippen molar-refractivity contribution in [3.63, 3.8) is 0 Å². The molecule has 702 valence electrons. The van der Waals surface area contributed by atoms with Crippen molar-refractivity contribution in [3.05, 3.63) is 264 Å². The Morgan fingerprint density at radius 1 is 0.469 bits per heavy atom. The van der Waals surface area contributed by atoms with Gasteiger partial charge in [0.15, 0.2) is 0 Å². The first-order valence-corrected chi connectivity index (χ1v) is 49.1. The largest absolute Gasteiger partial charge is 0.448 e. The lowest BCUT2D eigenvalue weighted by atomic mass is 9.77. The summed E-state index contributed by atoms with van der Waals surface area (Å²) < 4.78 is 5.84. The lowest BCUT2D eigenvalue weighted by Crippen LogP contribution is -2.48. The molecule has 24 heteroatoms. The van der Waals surface area contributed by atoms with Crippen LogP contribution in [0.4, 0.5) is 4.79 Å². The van der Waals surface area contributed by atoms with Crippen molar-refractivity contribution >= 4 is 55.4 Å². The van der Waals surface area contributed by atoms with Gasteiger partial charge in [-0.25, -0.2) is 4.79 Å². The van der Waals surface area contributed by atoms with Crippen LogP contribution in [-0.4, -0.2) is 208 Å². The van der Waals surface area contributed by atoms with E-state index in [4.69, 9.17) is 4.74 Å². The fourth-order valence-electron chi connectivity index (χ4n) is 24.6. The van der Waals surface area contributed by atoms with Crippen molar-refractivity contribution < 1.29 is 44.7 Å². The van der Waals surface area contributed by atoms with Crippen LogP contribution in [0.15, 0.2) is 226 Å². The number of nitrogens with zero attached hydrogens (tertiary/aromatic N) is 8. The van der Waals surface area contributed by atoms with Crippen LogP contribution in [0.1, 0.15) is 257 Å². The smallest absolute Gasteiger partial charge is 0.410 e. The summed E-state index contributed by atoms with van der Waals surface area (Å²) in [5, 5.41) is 68.4. The van der Waals surface area contributed by atoms with Crippen LogP contribution in [-0.2, 0) is 10.3 Å². The SMILES string of the molecule is C=CC1CC(c2ccccc2)CN1B(C)O.C=CC1CCC(c2ccccc2)N1B(C)O.CB(O)N1C(c2ccccc2)CCC1(C)C.CB(O)N1CC(C)CC1(C)C.CB(O)N1CCC[C@]1(C)c1ccccc1.CB(O)N1[C@@H](c2ccccc2)[C@H](C)CC1(C)C.CC1(C)CN(C(=O)OCC2c3ccccc3-c3ccccc32)C(C)(C)C1.CCC1C(C)N(B(C)O)[C@@H](C)[C@H]1C. The third kappa shape index (κ3) is 26.5. The summed E-state index contributed by atoms with van der Waals surface area (Å²) in [6, 6.07) is 71.9. The van der Waals surface area contributed by atoms with Crippen LogP contribution in [0, 0.1) is 29.1 Å². The minimum atomic E-state index is -0.421. The van der Waals surface area contributed by atoms with E-state index in [0.29, 0.717) is 66.7 Å². The van der Waals surface area contributed by atoms with E-state index in [2.05, 4.69) is 334 Å². The van der Waals surface area contributed by atoms with E-state index in [1.807, 2.05) is 95.1 Å². The summed E-state index contributed by atoms with van der Waals surface area (Å²) in [4.78, 5) is 30.0. The van der Waals surface area contributed by atoms with Crippen molar-refractivity contribution in [3.8, 4) is 11.1 Å². The van der Waals surface area contributed by atoms with Crippen molar-refractivity contribution in [2.24, 2.45) is 29.1 Å². The third-order valence-corrected chi connectivity index (χ3v) is 30.1. The molecule has 8 fully saturated rings.